The van der Waals surface area contributed by atoms with Crippen LogP contribution in [-0.4, -0.2) is 51.6 Å². The summed E-state index contributed by atoms with van der Waals surface area (Å²) in [6.45, 7) is 5.60. The van der Waals surface area contributed by atoms with Gasteiger partial charge in [-0.3, -0.25) is 14.6 Å². The van der Waals surface area contributed by atoms with Gasteiger partial charge in [0.05, 0.1) is 5.69 Å². The summed E-state index contributed by atoms with van der Waals surface area (Å²) < 4.78 is 4.81. The Hall–Kier alpha value is -1.89. The molecule has 1 aromatic heterocycles. The molecule has 3 amide bonds. The highest BCUT2D eigenvalue weighted by Crippen LogP contribution is 2.30. The van der Waals surface area contributed by atoms with E-state index in [0.29, 0.717) is 19.5 Å². The Labute approximate surface area is 116 Å². The summed E-state index contributed by atoms with van der Waals surface area (Å²) in [6, 6.07) is 1.40. The van der Waals surface area contributed by atoms with E-state index >= 15 is 0 Å². The standard InChI is InChI=1S/C13H18N4O3/c1-9(2)17-11(18)13(14-12(17)19)4-5-16(8-13)7-10-3-6-20-15-10/h3,6,9H,4-5,7-8H2,1-2H3,(H,14,19). The summed E-state index contributed by atoms with van der Waals surface area (Å²) in [5, 5.41) is 6.74. The molecule has 0 radical (unpaired) electrons. The molecule has 0 bridgehead atoms. The number of likely N-dealkylation sites (tertiary alicyclic amines) is 1. The number of carbonyl (C=O) groups excluding carboxylic acids is 2. The number of nitrogens with one attached hydrogen (secondary N) is 1. The fourth-order valence-electron chi connectivity index (χ4n) is 2.96. The molecule has 1 aromatic rings. The lowest BCUT2D eigenvalue weighted by Crippen LogP contribution is -2.49. The summed E-state index contributed by atoms with van der Waals surface area (Å²) in [5.74, 6) is -0.111. The zero-order chi connectivity index (χ0) is 14.3. The molecule has 2 fully saturated rings. The van der Waals surface area contributed by atoms with Crippen molar-refractivity contribution >= 4 is 11.9 Å². The van der Waals surface area contributed by atoms with E-state index in [4.69, 9.17) is 4.52 Å². The molecule has 108 valence electrons. The van der Waals surface area contributed by atoms with Gasteiger partial charge in [-0.1, -0.05) is 5.16 Å². The first kappa shape index (κ1) is 13.1. The topological polar surface area (TPSA) is 78.7 Å². The highest BCUT2D eigenvalue weighted by atomic mass is 16.5. The molecule has 7 nitrogen and oxygen atoms in total. The quantitative estimate of drug-likeness (QED) is 0.818. The molecule has 0 aliphatic carbocycles. The van der Waals surface area contributed by atoms with Crippen LogP contribution in [0.5, 0.6) is 0 Å². The van der Waals surface area contributed by atoms with Crippen molar-refractivity contribution in [1.82, 2.24) is 20.3 Å². The second-order valence-corrected chi connectivity index (χ2v) is 5.73. The van der Waals surface area contributed by atoms with Gasteiger partial charge in [0.15, 0.2) is 0 Å². The number of amides is 3. The van der Waals surface area contributed by atoms with Crippen molar-refractivity contribution in [1.29, 1.82) is 0 Å². The van der Waals surface area contributed by atoms with E-state index < -0.39 is 5.54 Å². The molecule has 1 spiro atoms. The predicted molar refractivity (Wildman–Crippen MR) is 69.6 cm³/mol. The Kier molecular flexibility index (Phi) is 3.01. The molecule has 1 atom stereocenters. The van der Waals surface area contributed by atoms with E-state index in [9.17, 15) is 9.59 Å². The second kappa shape index (κ2) is 4.59. The maximum absolute atomic E-state index is 12.5. The molecule has 2 aliphatic rings. The van der Waals surface area contributed by atoms with Gasteiger partial charge in [-0.15, -0.1) is 0 Å². The summed E-state index contributed by atoms with van der Waals surface area (Å²) in [4.78, 5) is 27.9. The van der Waals surface area contributed by atoms with Crippen LogP contribution in [0.15, 0.2) is 16.9 Å². The largest absolute Gasteiger partial charge is 0.364 e. The maximum Gasteiger partial charge on any atom is 0.325 e. The molecule has 0 saturated carbocycles. The van der Waals surface area contributed by atoms with Crippen molar-refractivity contribution in [2.24, 2.45) is 0 Å². The van der Waals surface area contributed by atoms with Crippen molar-refractivity contribution in [3.8, 4) is 0 Å². The van der Waals surface area contributed by atoms with Crippen molar-refractivity contribution in [2.75, 3.05) is 13.1 Å². The number of imide groups is 1. The predicted octanol–water partition coefficient (Wildman–Crippen LogP) is 0.579. The van der Waals surface area contributed by atoms with Gasteiger partial charge in [0.25, 0.3) is 5.91 Å². The molecule has 3 heterocycles. The first-order valence-corrected chi connectivity index (χ1v) is 6.79. The lowest BCUT2D eigenvalue weighted by molar-refractivity contribution is -0.132. The van der Waals surface area contributed by atoms with Gasteiger partial charge in [-0.2, -0.15) is 0 Å². The van der Waals surface area contributed by atoms with Crippen LogP contribution < -0.4 is 5.32 Å². The lowest BCUT2D eigenvalue weighted by atomic mass is 9.98. The third kappa shape index (κ3) is 1.98. The molecule has 1 N–H and O–H groups in total. The van der Waals surface area contributed by atoms with Crippen molar-refractivity contribution in [2.45, 2.75) is 38.4 Å². The highest BCUT2D eigenvalue weighted by Gasteiger charge is 2.55. The number of rotatable bonds is 3. The van der Waals surface area contributed by atoms with Gasteiger partial charge in [0.2, 0.25) is 0 Å². The molecule has 2 aliphatic heterocycles. The average molecular weight is 278 g/mol. The van der Waals surface area contributed by atoms with Crippen LogP contribution in [0.2, 0.25) is 0 Å². The Morgan fingerprint density at radius 3 is 2.90 bits per heavy atom. The fraction of sp³-hybridized carbons (Fsp3) is 0.615. The van der Waals surface area contributed by atoms with Crippen LogP contribution in [-0.2, 0) is 11.3 Å². The Morgan fingerprint density at radius 1 is 1.50 bits per heavy atom. The molecule has 7 heteroatoms. The minimum atomic E-state index is -0.759. The first-order valence-electron chi connectivity index (χ1n) is 6.79. The summed E-state index contributed by atoms with van der Waals surface area (Å²) in [6.07, 6.45) is 2.17. The third-order valence-corrected chi connectivity index (χ3v) is 3.93. The van der Waals surface area contributed by atoms with Gasteiger partial charge in [-0.05, 0) is 20.3 Å². The number of aromatic nitrogens is 1. The van der Waals surface area contributed by atoms with Gasteiger partial charge >= 0.3 is 6.03 Å². The second-order valence-electron chi connectivity index (χ2n) is 5.73. The number of carbonyl (C=O) groups is 2. The van der Waals surface area contributed by atoms with E-state index in [1.54, 1.807) is 6.07 Å². The molecule has 20 heavy (non-hydrogen) atoms. The molecular formula is C13H18N4O3. The molecule has 2 saturated heterocycles. The van der Waals surface area contributed by atoms with Crippen LogP contribution in [0.3, 0.4) is 0 Å². The maximum atomic E-state index is 12.5. The Morgan fingerprint density at radius 2 is 2.30 bits per heavy atom. The lowest BCUT2D eigenvalue weighted by Gasteiger charge is -2.22. The van der Waals surface area contributed by atoms with Crippen LogP contribution in [0.4, 0.5) is 4.79 Å². The van der Waals surface area contributed by atoms with Crippen LogP contribution in [0.25, 0.3) is 0 Å². The average Bonchev–Trinajstić information content (AvgIpc) is 3.04. The van der Waals surface area contributed by atoms with Gasteiger partial charge in [-0.25, -0.2) is 4.79 Å². The van der Waals surface area contributed by atoms with Crippen molar-refractivity contribution < 1.29 is 14.1 Å². The molecule has 1 unspecified atom stereocenters. The van der Waals surface area contributed by atoms with E-state index in [2.05, 4.69) is 15.4 Å². The minimum absolute atomic E-state index is 0.111. The number of hydrogen-bond donors (Lipinski definition) is 1. The summed E-state index contributed by atoms with van der Waals surface area (Å²) in [5.41, 5.74) is 0.0741. The smallest absolute Gasteiger partial charge is 0.325 e. The molecule has 3 rings (SSSR count). The number of urea groups is 1. The van der Waals surface area contributed by atoms with Crippen LogP contribution in [0, 0.1) is 0 Å². The van der Waals surface area contributed by atoms with Gasteiger partial charge in [0, 0.05) is 31.7 Å². The van der Waals surface area contributed by atoms with Gasteiger partial charge < -0.3 is 9.84 Å². The van der Waals surface area contributed by atoms with Crippen LogP contribution in [0.1, 0.15) is 26.0 Å². The molecular weight excluding hydrogens is 260 g/mol. The summed E-state index contributed by atoms with van der Waals surface area (Å²) in [7, 11) is 0. The van der Waals surface area contributed by atoms with E-state index in [0.717, 1.165) is 12.2 Å². The van der Waals surface area contributed by atoms with Crippen LogP contribution >= 0.6 is 0 Å². The number of nitrogens with zero attached hydrogens (tertiary/aromatic N) is 3. The number of hydrogen-bond acceptors (Lipinski definition) is 5. The third-order valence-electron chi connectivity index (χ3n) is 3.93. The Balaban J connectivity index is 1.73. The van der Waals surface area contributed by atoms with Gasteiger partial charge in [0.1, 0.15) is 11.8 Å². The molecule has 0 aromatic carbocycles. The SMILES string of the molecule is CC(C)N1C(=O)NC2(CCN(Cc3ccon3)C2)C1=O. The van der Waals surface area contributed by atoms with Crippen molar-refractivity contribution in [3.05, 3.63) is 18.0 Å². The zero-order valence-corrected chi connectivity index (χ0v) is 11.6. The minimum Gasteiger partial charge on any atom is -0.364 e. The monoisotopic (exact) mass is 278 g/mol. The van der Waals surface area contributed by atoms with E-state index in [1.165, 1.54) is 11.2 Å². The highest BCUT2D eigenvalue weighted by molar-refractivity contribution is 6.07. The first-order chi connectivity index (χ1) is 9.52. The zero-order valence-electron chi connectivity index (χ0n) is 11.6. The van der Waals surface area contributed by atoms with E-state index in [1.807, 2.05) is 13.8 Å². The Bertz CT molecular complexity index is 528. The normalized spacial score (nSPS) is 27.1. The summed E-state index contributed by atoms with van der Waals surface area (Å²) >= 11 is 0. The van der Waals surface area contributed by atoms with E-state index in [-0.39, 0.29) is 18.0 Å². The van der Waals surface area contributed by atoms with Crippen molar-refractivity contribution in [3.63, 3.8) is 0 Å². The fourth-order valence-corrected chi connectivity index (χ4v) is 2.96.